The van der Waals surface area contributed by atoms with Crippen molar-refractivity contribution in [2.45, 2.75) is 46.1 Å². The zero-order chi connectivity index (χ0) is 17.4. The van der Waals surface area contributed by atoms with Crippen LogP contribution >= 0.6 is 11.3 Å². The number of thiazole rings is 1. The minimum absolute atomic E-state index is 0.134. The highest BCUT2D eigenvalue weighted by Crippen LogP contribution is 2.29. The Balaban J connectivity index is 1.53. The maximum atomic E-state index is 12.6. The number of aryl methyl sites for hydroxylation is 2. The van der Waals surface area contributed by atoms with Crippen LogP contribution in [0.3, 0.4) is 0 Å². The summed E-state index contributed by atoms with van der Waals surface area (Å²) in [4.78, 5) is 30.7. The van der Waals surface area contributed by atoms with E-state index in [1.54, 1.807) is 11.3 Å². The van der Waals surface area contributed by atoms with Gasteiger partial charge in [0.05, 0.1) is 29.4 Å². The summed E-state index contributed by atoms with van der Waals surface area (Å²) in [6.45, 7) is 7.39. The fraction of sp³-hybridized carbons (Fsp3) is 0.556. The number of carbonyl (C=O) groups is 1. The Kier molecular flexibility index (Phi) is 4.41. The molecule has 4 heterocycles. The summed E-state index contributed by atoms with van der Waals surface area (Å²) in [5, 5.41) is 2.98. The van der Waals surface area contributed by atoms with Gasteiger partial charge in [-0.15, -0.1) is 11.3 Å². The van der Waals surface area contributed by atoms with Crippen LogP contribution in [0.2, 0.25) is 0 Å². The summed E-state index contributed by atoms with van der Waals surface area (Å²) in [5.41, 5.74) is 3.12. The van der Waals surface area contributed by atoms with E-state index >= 15 is 0 Å². The first-order valence-corrected chi connectivity index (χ1v) is 9.78. The van der Waals surface area contributed by atoms with Crippen molar-refractivity contribution in [1.29, 1.82) is 0 Å². The Morgan fingerprint density at radius 3 is 2.68 bits per heavy atom. The van der Waals surface area contributed by atoms with Crippen LogP contribution in [0.15, 0.2) is 5.38 Å². The maximum Gasteiger partial charge on any atom is 0.228 e. The highest BCUT2D eigenvalue weighted by molar-refractivity contribution is 7.09. The Labute approximate surface area is 151 Å². The second kappa shape index (κ2) is 6.71. The predicted molar refractivity (Wildman–Crippen MR) is 97.9 cm³/mol. The van der Waals surface area contributed by atoms with E-state index in [4.69, 9.17) is 4.98 Å². The van der Waals surface area contributed by atoms with Gasteiger partial charge in [0.15, 0.2) is 0 Å². The SMILES string of the molecule is Cc1nc2c(c(N3CCCC3)n1)CCN(C(=O)Cc1csc(C)n1)C2. The van der Waals surface area contributed by atoms with Crippen LogP contribution in [-0.2, 0) is 24.2 Å². The molecule has 7 heteroatoms. The van der Waals surface area contributed by atoms with E-state index in [-0.39, 0.29) is 5.91 Å². The van der Waals surface area contributed by atoms with E-state index in [0.29, 0.717) is 13.0 Å². The maximum absolute atomic E-state index is 12.6. The molecule has 0 spiro atoms. The molecule has 2 aromatic rings. The molecular weight excluding hydrogens is 334 g/mol. The number of fused-ring (bicyclic) bond motifs is 1. The number of rotatable bonds is 3. The average molecular weight is 357 g/mol. The van der Waals surface area contributed by atoms with Gasteiger partial charge in [0.2, 0.25) is 5.91 Å². The second-order valence-electron chi connectivity index (χ2n) is 6.81. The monoisotopic (exact) mass is 357 g/mol. The van der Waals surface area contributed by atoms with Crippen molar-refractivity contribution >= 4 is 23.1 Å². The van der Waals surface area contributed by atoms with Crippen LogP contribution in [0.1, 0.15) is 40.6 Å². The van der Waals surface area contributed by atoms with Crippen LogP contribution < -0.4 is 4.90 Å². The lowest BCUT2D eigenvalue weighted by Crippen LogP contribution is -2.38. The standard InChI is InChI=1S/C18H23N5OS/c1-12-19-16-10-23(17(24)9-14-11-25-13(2)21-14)8-5-15(16)18(20-12)22-6-3-4-7-22/h11H,3-10H2,1-2H3. The molecule has 0 atom stereocenters. The van der Waals surface area contributed by atoms with Crippen molar-refractivity contribution in [2.24, 2.45) is 0 Å². The highest BCUT2D eigenvalue weighted by atomic mass is 32.1. The van der Waals surface area contributed by atoms with Crippen molar-refractivity contribution in [2.75, 3.05) is 24.5 Å². The third-order valence-electron chi connectivity index (χ3n) is 4.91. The van der Waals surface area contributed by atoms with Gasteiger partial charge in [-0.05, 0) is 33.1 Å². The van der Waals surface area contributed by atoms with Gasteiger partial charge in [-0.1, -0.05) is 0 Å². The molecule has 1 fully saturated rings. The number of nitrogens with zero attached hydrogens (tertiary/aromatic N) is 5. The topological polar surface area (TPSA) is 62.2 Å². The van der Waals surface area contributed by atoms with E-state index in [2.05, 4.69) is 14.9 Å². The van der Waals surface area contributed by atoms with Gasteiger partial charge in [0.25, 0.3) is 0 Å². The van der Waals surface area contributed by atoms with E-state index in [9.17, 15) is 4.79 Å². The average Bonchev–Trinajstić information content (AvgIpc) is 3.25. The molecule has 132 valence electrons. The smallest absolute Gasteiger partial charge is 0.228 e. The van der Waals surface area contributed by atoms with Crippen LogP contribution in [-0.4, -0.2) is 45.4 Å². The van der Waals surface area contributed by atoms with Crippen LogP contribution in [0.25, 0.3) is 0 Å². The Bertz CT molecular complexity index is 797. The number of aromatic nitrogens is 3. The normalized spacial score (nSPS) is 17.0. The van der Waals surface area contributed by atoms with Crippen molar-refractivity contribution in [3.63, 3.8) is 0 Å². The van der Waals surface area contributed by atoms with Crippen molar-refractivity contribution in [3.05, 3.63) is 33.2 Å². The third-order valence-corrected chi connectivity index (χ3v) is 5.73. The molecule has 0 aromatic carbocycles. The van der Waals surface area contributed by atoms with Crippen LogP contribution in [0.4, 0.5) is 5.82 Å². The molecule has 1 saturated heterocycles. The second-order valence-corrected chi connectivity index (χ2v) is 7.88. The van der Waals surface area contributed by atoms with Gasteiger partial charge in [-0.3, -0.25) is 4.79 Å². The molecule has 2 aliphatic heterocycles. The Morgan fingerprint density at radius 2 is 1.96 bits per heavy atom. The summed E-state index contributed by atoms with van der Waals surface area (Å²) < 4.78 is 0. The summed E-state index contributed by atoms with van der Waals surface area (Å²) in [5.74, 6) is 2.03. The molecule has 0 aliphatic carbocycles. The third kappa shape index (κ3) is 3.38. The van der Waals surface area contributed by atoms with Crippen molar-refractivity contribution in [1.82, 2.24) is 19.9 Å². The van der Waals surface area contributed by atoms with Crippen molar-refractivity contribution < 1.29 is 4.79 Å². The first-order valence-electron chi connectivity index (χ1n) is 8.90. The van der Waals surface area contributed by atoms with Gasteiger partial charge >= 0.3 is 0 Å². The molecule has 25 heavy (non-hydrogen) atoms. The number of amides is 1. The van der Waals surface area contributed by atoms with Gasteiger partial charge in [-0.25, -0.2) is 15.0 Å². The largest absolute Gasteiger partial charge is 0.356 e. The molecule has 4 rings (SSSR count). The molecule has 2 aliphatic rings. The molecule has 1 amide bonds. The van der Waals surface area contributed by atoms with E-state index in [1.165, 1.54) is 18.4 Å². The summed E-state index contributed by atoms with van der Waals surface area (Å²) in [7, 11) is 0. The number of anilines is 1. The Morgan fingerprint density at radius 1 is 1.16 bits per heavy atom. The number of hydrogen-bond donors (Lipinski definition) is 0. The lowest BCUT2D eigenvalue weighted by molar-refractivity contribution is -0.131. The van der Waals surface area contributed by atoms with Crippen LogP contribution in [0.5, 0.6) is 0 Å². The molecule has 0 saturated carbocycles. The first kappa shape index (κ1) is 16.4. The number of hydrogen-bond acceptors (Lipinski definition) is 6. The number of carbonyl (C=O) groups excluding carboxylic acids is 1. The predicted octanol–water partition coefficient (Wildman–Crippen LogP) is 2.28. The zero-order valence-corrected chi connectivity index (χ0v) is 15.6. The van der Waals surface area contributed by atoms with E-state index in [1.807, 2.05) is 24.1 Å². The molecule has 2 aromatic heterocycles. The van der Waals surface area contributed by atoms with Crippen LogP contribution in [0, 0.1) is 13.8 Å². The summed E-state index contributed by atoms with van der Waals surface area (Å²) in [6, 6.07) is 0. The quantitative estimate of drug-likeness (QED) is 0.843. The lowest BCUT2D eigenvalue weighted by Gasteiger charge is -2.31. The molecule has 0 N–H and O–H groups in total. The summed E-state index contributed by atoms with van der Waals surface area (Å²) >= 11 is 1.59. The molecule has 0 unspecified atom stereocenters. The molecule has 0 bridgehead atoms. The van der Waals surface area contributed by atoms with E-state index in [0.717, 1.165) is 54.1 Å². The minimum atomic E-state index is 0.134. The molecule has 0 radical (unpaired) electrons. The fourth-order valence-electron chi connectivity index (χ4n) is 3.69. The minimum Gasteiger partial charge on any atom is -0.356 e. The van der Waals surface area contributed by atoms with Gasteiger partial charge in [0.1, 0.15) is 11.6 Å². The molecular formula is C18H23N5OS. The Hall–Kier alpha value is -2.02. The summed E-state index contributed by atoms with van der Waals surface area (Å²) in [6.07, 6.45) is 3.68. The van der Waals surface area contributed by atoms with Gasteiger partial charge in [0, 0.05) is 30.6 Å². The highest BCUT2D eigenvalue weighted by Gasteiger charge is 2.27. The van der Waals surface area contributed by atoms with Gasteiger partial charge < -0.3 is 9.80 Å². The zero-order valence-electron chi connectivity index (χ0n) is 14.8. The molecule has 6 nitrogen and oxygen atoms in total. The van der Waals surface area contributed by atoms with Gasteiger partial charge in [-0.2, -0.15) is 0 Å². The van der Waals surface area contributed by atoms with Crippen molar-refractivity contribution in [3.8, 4) is 0 Å². The lowest BCUT2D eigenvalue weighted by atomic mass is 10.0. The van der Waals surface area contributed by atoms with E-state index < -0.39 is 0 Å². The fourth-order valence-corrected chi connectivity index (χ4v) is 4.30. The first-order chi connectivity index (χ1) is 12.1.